The van der Waals surface area contributed by atoms with Crippen molar-refractivity contribution in [1.82, 2.24) is 15.6 Å². The minimum absolute atomic E-state index is 0.00695. The number of carbonyl (C=O) groups is 2. The maximum Gasteiger partial charge on any atom is 0.247 e. The van der Waals surface area contributed by atoms with Gasteiger partial charge < -0.3 is 5.32 Å². The van der Waals surface area contributed by atoms with Gasteiger partial charge in [0.05, 0.1) is 17.7 Å². The topological polar surface area (TPSA) is 96.3 Å². The molecule has 0 saturated carbocycles. The van der Waals surface area contributed by atoms with Crippen LogP contribution in [0, 0.1) is 0 Å². The Morgan fingerprint density at radius 3 is 2.80 bits per heavy atom. The molecule has 0 aliphatic heterocycles. The molecular formula is C15H15Cl2N5O2S. The van der Waals surface area contributed by atoms with E-state index in [0.29, 0.717) is 32.2 Å². The second kappa shape index (κ2) is 9.45. The summed E-state index contributed by atoms with van der Waals surface area (Å²) in [5.41, 5.74) is 3.01. The molecule has 1 aromatic carbocycles. The molecule has 10 heteroatoms. The first kappa shape index (κ1) is 19.3. The number of benzene rings is 1. The zero-order valence-corrected chi connectivity index (χ0v) is 15.6. The standard InChI is InChI=1S/C15H15Cl2N5O2S/c1-2-3-12(23)19-15-22-21-14(25-15)7-13(24)20-18-8-9-4-5-10(16)6-11(9)17/h4-6,8H,2-3,7H2,1H3,(H,20,24)(H,19,22,23). The van der Waals surface area contributed by atoms with E-state index in [-0.39, 0.29) is 18.2 Å². The molecule has 0 fully saturated rings. The minimum Gasteiger partial charge on any atom is -0.301 e. The van der Waals surface area contributed by atoms with Crippen LogP contribution >= 0.6 is 34.5 Å². The van der Waals surface area contributed by atoms with Crippen LogP contribution in [-0.2, 0) is 16.0 Å². The summed E-state index contributed by atoms with van der Waals surface area (Å²) in [7, 11) is 0. The summed E-state index contributed by atoms with van der Waals surface area (Å²) in [4.78, 5) is 23.3. The number of hydrazone groups is 1. The van der Waals surface area contributed by atoms with Crippen molar-refractivity contribution in [1.29, 1.82) is 0 Å². The van der Waals surface area contributed by atoms with Gasteiger partial charge in [-0.3, -0.25) is 9.59 Å². The van der Waals surface area contributed by atoms with Gasteiger partial charge in [0.1, 0.15) is 5.01 Å². The molecule has 7 nitrogen and oxygen atoms in total. The number of carbonyl (C=O) groups excluding carboxylic acids is 2. The summed E-state index contributed by atoms with van der Waals surface area (Å²) in [5.74, 6) is -0.483. The van der Waals surface area contributed by atoms with Gasteiger partial charge in [0.2, 0.25) is 16.9 Å². The molecule has 1 aromatic heterocycles. The summed E-state index contributed by atoms with van der Waals surface area (Å²) in [6.07, 6.45) is 2.59. The third-order valence-electron chi connectivity index (χ3n) is 2.86. The molecule has 0 aliphatic rings. The Morgan fingerprint density at radius 1 is 1.28 bits per heavy atom. The molecule has 0 radical (unpaired) electrons. The summed E-state index contributed by atoms with van der Waals surface area (Å²) >= 11 is 13.0. The smallest absolute Gasteiger partial charge is 0.247 e. The van der Waals surface area contributed by atoms with Crippen molar-refractivity contribution < 1.29 is 9.59 Å². The Bertz CT molecular complexity index is 794. The molecule has 2 amide bonds. The minimum atomic E-state index is -0.357. The molecule has 2 N–H and O–H groups in total. The Balaban J connectivity index is 1.85. The number of halogens is 2. The van der Waals surface area contributed by atoms with Crippen LogP contribution in [-0.4, -0.2) is 28.2 Å². The number of rotatable bonds is 7. The van der Waals surface area contributed by atoms with Crippen LogP contribution in [0.15, 0.2) is 23.3 Å². The van der Waals surface area contributed by atoms with Crippen molar-refractivity contribution in [2.75, 3.05) is 5.32 Å². The van der Waals surface area contributed by atoms with Gasteiger partial charge in [-0.15, -0.1) is 10.2 Å². The summed E-state index contributed by atoms with van der Waals surface area (Å²) in [6.45, 7) is 1.91. The van der Waals surface area contributed by atoms with E-state index in [1.807, 2.05) is 6.92 Å². The molecular weight excluding hydrogens is 385 g/mol. The molecule has 0 saturated heterocycles. The zero-order chi connectivity index (χ0) is 18.2. The molecule has 0 bridgehead atoms. The predicted molar refractivity (Wildman–Crippen MR) is 99.3 cm³/mol. The van der Waals surface area contributed by atoms with Gasteiger partial charge in [0.15, 0.2) is 0 Å². The van der Waals surface area contributed by atoms with E-state index in [1.54, 1.807) is 18.2 Å². The molecule has 0 atom stereocenters. The fourth-order valence-electron chi connectivity index (χ4n) is 1.74. The van der Waals surface area contributed by atoms with Gasteiger partial charge in [-0.1, -0.05) is 47.5 Å². The van der Waals surface area contributed by atoms with E-state index in [2.05, 4.69) is 26.0 Å². The van der Waals surface area contributed by atoms with Crippen LogP contribution in [0.3, 0.4) is 0 Å². The monoisotopic (exact) mass is 399 g/mol. The third kappa shape index (κ3) is 6.41. The largest absolute Gasteiger partial charge is 0.301 e. The van der Waals surface area contributed by atoms with Gasteiger partial charge in [-0.2, -0.15) is 5.10 Å². The predicted octanol–water partition coefficient (Wildman–Crippen LogP) is 3.28. The summed E-state index contributed by atoms with van der Waals surface area (Å²) < 4.78 is 0. The Morgan fingerprint density at radius 2 is 2.08 bits per heavy atom. The number of hydrogen-bond donors (Lipinski definition) is 2. The lowest BCUT2D eigenvalue weighted by molar-refractivity contribution is -0.120. The van der Waals surface area contributed by atoms with Crippen molar-refractivity contribution in [3.63, 3.8) is 0 Å². The molecule has 25 heavy (non-hydrogen) atoms. The molecule has 0 spiro atoms. The highest BCUT2D eigenvalue weighted by Crippen LogP contribution is 2.19. The molecule has 0 aliphatic carbocycles. The van der Waals surface area contributed by atoms with E-state index in [1.165, 1.54) is 6.21 Å². The van der Waals surface area contributed by atoms with Gasteiger partial charge in [0.25, 0.3) is 0 Å². The number of anilines is 1. The van der Waals surface area contributed by atoms with Crippen LogP contribution < -0.4 is 10.7 Å². The Hall–Kier alpha value is -2.03. The van der Waals surface area contributed by atoms with Crippen molar-refractivity contribution in [2.45, 2.75) is 26.2 Å². The van der Waals surface area contributed by atoms with Gasteiger partial charge >= 0.3 is 0 Å². The highest BCUT2D eigenvalue weighted by molar-refractivity contribution is 7.15. The summed E-state index contributed by atoms with van der Waals surface area (Å²) in [5, 5.41) is 16.0. The fraction of sp³-hybridized carbons (Fsp3) is 0.267. The average molecular weight is 400 g/mol. The average Bonchev–Trinajstić information content (AvgIpc) is 2.96. The van der Waals surface area contributed by atoms with E-state index in [0.717, 1.165) is 17.8 Å². The SMILES string of the molecule is CCCC(=O)Nc1nnc(CC(=O)NN=Cc2ccc(Cl)cc2Cl)s1. The second-order valence-electron chi connectivity index (χ2n) is 4.93. The highest BCUT2D eigenvalue weighted by atomic mass is 35.5. The maximum atomic E-state index is 11.8. The lowest BCUT2D eigenvalue weighted by Gasteiger charge is -1.99. The fourth-order valence-corrected chi connectivity index (χ4v) is 2.95. The van der Waals surface area contributed by atoms with Crippen molar-refractivity contribution in [3.05, 3.63) is 38.8 Å². The third-order valence-corrected chi connectivity index (χ3v) is 4.26. The first-order valence-corrected chi connectivity index (χ1v) is 8.94. The highest BCUT2D eigenvalue weighted by Gasteiger charge is 2.10. The summed E-state index contributed by atoms with van der Waals surface area (Å²) in [6, 6.07) is 4.95. The van der Waals surface area contributed by atoms with Crippen LogP contribution in [0.1, 0.15) is 30.3 Å². The lowest BCUT2D eigenvalue weighted by Crippen LogP contribution is -2.19. The molecule has 132 valence electrons. The van der Waals surface area contributed by atoms with E-state index >= 15 is 0 Å². The number of amides is 2. The number of hydrogen-bond acceptors (Lipinski definition) is 6. The lowest BCUT2D eigenvalue weighted by atomic mass is 10.2. The quantitative estimate of drug-likeness (QED) is 0.551. The van der Waals surface area contributed by atoms with Crippen molar-refractivity contribution >= 4 is 57.7 Å². The first-order valence-electron chi connectivity index (χ1n) is 7.37. The van der Waals surface area contributed by atoms with Crippen LogP contribution in [0.2, 0.25) is 10.0 Å². The molecule has 2 rings (SSSR count). The van der Waals surface area contributed by atoms with E-state index in [4.69, 9.17) is 23.2 Å². The van der Waals surface area contributed by atoms with Crippen molar-refractivity contribution in [2.24, 2.45) is 5.10 Å². The Labute approximate surface area is 158 Å². The van der Waals surface area contributed by atoms with Gasteiger partial charge in [-0.05, 0) is 18.6 Å². The second-order valence-corrected chi connectivity index (χ2v) is 6.84. The molecule has 2 aromatic rings. The first-order chi connectivity index (χ1) is 12.0. The van der Waals surface area contributed by atoms with E-state index < -0.39 is 0 Å². The van der Waals surface area contributed by atoms with Crippen molar-refractivity contribution in [3.8, 4) is 0 Å². The Kier molecular flexibility index (Phi) is 7.30. The zero-order valence-electron chi connectivity index (χ0n) is 13.3. The number of nitrogens with one attached hydrogen (secondary N) is 2. The van der Waals surface area contributed by atoms with Crippen LogP contribution in [0.4, 0.5) is 5.13 Å². The van der Waals surface area contributed by atoms with E-state index in [9.17, 15) is 9.59 Å². The number of nitrogens with zero attached hydrogens (tertiary/aromatic N) is 3. The number of aromatic nitrogens is 2. The maximum absolute atomic E-state index is 11.8. The van der Waals surface area contributed by atoms with Gasteiger partial charge in [0, 0.05) is 17.0 Å². The molecule has 1 heterocycles. The van der Waals surface area contributed by atoms with Crippen LogP contribution in [0.25, 0.3) is 0 Å². The van der Waals surface area contributed by atoms with Gasteiger partial charge in [-0.25, -0.2) is 5.43 Å². The normalized spacial score (nSPS) is 10.8. The molecule has 0 unspecified atom stereocenters. The van der Waals surface area contributed by atoms with Crippen LogP contribution in [0.5, 0.6) is 0 Å².